The minimum Gasteiger partial charge on any atom is -0.481 e. The molecule has 13 atom stereocenters. The number of carbonyl (C=O) groups is 11. The van der Waals surface area contributed by atoms with Gasteiger partial charge < -0.3 is 98.9 Å². The van der Waals surface area contributed by atoms with E-state index in [1.54, 1.807) is 0 Å². The Morgan fingerprint density at radius 1 is 0.636 bits per heavy atom. The number of thiol groups is 1. The summed E-state index contributed by atoms with van der Waals surface area (Å²) in [6, 6.07) is -0.287. The van der Waals surface area contributed by atoms with Crippen molar-refractivity contribution in [2.45, 2.75) is 139 Å². The second kappa shape index (κ2) is 36.2. The maximum Gasteiger partial charge on any atom is 0.335 e. The molecule has 1 aromatic carbocycles. The normalized spacial score (nSPS) is 15.8. The second-order valence-electron chi connectivity index (χ2n) is 20.4. The highest BCUT2D eigenvalue weighted by Gasteiger charge is 2.36. The molecule has 0 radical (unpaired) electrons. The number of anilines is 2. The molecule has 21 N–H and O–H groups in total. The molecule has 0 saturated heterocycles. The Hall–Kier alpha value is -8.20. The van der Waals surface area contributed by atoms with Crippen LogP contribution >= 0.6 is 12.6 Å². The maximum atomic E-state index is 14.2. The van der Waals surface area contributed by atoms with Gasteiger partial charge in [0.1, 0.15) is 30.1 Å². The summed E-state index contributed by atoms with van der Waals surface area (Å²) in [5.74, 6) is -16.9. The highest BCUT2D eigenvalue weighted by atomic mass is 32.1. The zero-order valence-corrected chi connectivity index (χ0v) is 48.0. The van der Waals surface area contributed by atoms with Crippen LogP contribution in [0.5, 0.6) is 0 Å². The van der Waals surface area contributed by atoms with E-state index in [0.29, 0.717) is 11.4 Å². The van der Waals surface area contributed by atoms with E-state index in [9.17, 15) is 114 Å². The molecule has 2 heterocycles. The molecule has 0 bridgehead atoms. The average molecular weight is 1270 g/mol. The van der Waals surface area contributed by atoms with E-state index in [4.69, 9.17) is 10.8 Å². The molecule has 35 nitrogen and oxygen atoms in total. The maximum absolute atomic E-state index is 14.2. The molecule has 0 saturated carbocycles. The molecule has 0 aliphatic carbocycles. The van der Waals surface area contributed by atoms with Crippen LogP contribution in [0.2, 0.25) is 0 Å². The number of aromatic nitrogens is 4. The molecule has 3 rings (SSSR count). The van der Waals surface area contributed by atoms with Crippen molar-refractivity contribution in [1.82, 2.24) is 46.5 Å². The zero-order chi connectivity index (χ0) is 66.1. The first-order chi connectivity index (χ1) is 41.4. The van der Waals surface area contributed by atoms with Gasteiger partial charge in [-0.2, -0.15) is 4.98 Å². The van der Waals surface area contributed by atoms with Crippen molar-refractivity contribution in [3.8, 4) is 0 Å². The number of hydrogen-bond acceptors (Lipinski definition) is 26. The molecule has 88 heavy (non-hydrogen) atoms. The highest BCUT2D eigenvalue weighted by Crippen LogP contribution is 2.21. The van der Waals surface area contributed by atoms with Gasteiger partial charge in [0.2, 0.25) is 34.7 Å². The molecular weight excluding hydrogens is 1190 g/mol. The van der Waals surface area contributed by atoms with Crippen LogP contribution < -0.4 is 43.2 Å². The van der Waals surface area contributed by atoms with E-state index in [1.165, 1.54) is 37.4 Å². The molecule has 486 valence electrons. The van der Waals surface area contributed by atoms with Gasteiger partial charge in [-0.3, -0.25) is 52.9 Å². The predicted molar refractivity (Wildman–Crippen MR) is 303 cm³/mol. The molecule has 2 aromatic heterocycles. The number of aliphatic hydroxyl groups is 9. The number of carbonyl (C=O) groups excluding carboxylic acids is 8. The second-order valence-corrected chi connectivity index (χ2v) is 20.8. The topological polar surface area (TPSA) is 600 Å². The molecular formula is C52H73N11O24S. The fraction of sp³-hybridized carbons (Fsp3) is 0.558. The summed E-state index contributed by atoms with van der Waals surface area (Å²) in [7, 11) is 0. The number of hydrogen-bond donors (Lipinski definition) is 21. The smallest absolute Gasteiger partial charge is 0.335 e. The molecule has 36 heteroatoms. The number of rotatable bonds is 41. The number of carboxylic acid groups (broad SMARTS) is 3. The van der Waals surface area contributed by atoms with E-state index < -0.39 is 239 Å². The lowest BCUT2D eigenvalue weighted by atomic mass is 9.90. The van der Waals surface area contributed by atoms with Gasteiger partial charge in [-0.15, -0.1) is 12.6 Å². The highest BCUT2D eigenvalue weighted by molar-refractivity contribution is 7.96. The minimum absolute atomic E-state index is 0.0211. The number of amides is 5. The van der Waals surface area contributed by atoms with E-state index in [1.807, 2.05) is 5.32 Å². The van der Waals surface area contributed by atoms with Crippen LogP contribution in [0.4, 0.5) is 11.6 Å². The lowest BCUT2D eigenvalue weighted by Crippen LogP contribution is -2.49. The number of nitrogens with zero attached hydrogens (tertiary/aromatic N) is 3. The lowest BCUT2D eigenvalue weighted by molar-refractivity contribution is -0.145. The summed E-state index contributed by atoms with van der Waals surface area (Å²) < 4.78 is 0. The lowest BCUT2D eigenvalue weighted by Gasteiger charge is -2.27. The number of nitrogen functional groups attached to an aromatic ring is 1. The Bertz CT molecular complexity index is 2980. The van der Waals surface area contributed by atoms with Crippen LogP contribution in [-0.2, 0) is 54.5 Å². The number of aliphatic carboxylic acids is 3. The Morgan fingerprint density at radius 2 is 1.18 bits per heavy atom. The summed E-state index contributed by atoms with van der Waals surface area (Å²) >= 11 is 3.45. The molecule has 0 unspecified atom stereocenters. The zero-order valence-electron chi connectivity index (χ0n) is 47.1. The standard InChI is InChI=1S/C52H73N11O24S/c1-22(34(70)20-64)41(76)32(68)18-55-37(73)12-5-25(47(81)61-40(50(85)86)51(87)88)15-31(67)29(10-13-38(74)75)59-46(80)24(4-11-36(72)56-19-33(69)42(77)43(78)35(71)21-65)14-28(66)8-9-30(49(83)84)60-45(79)23-2-6-26(7-3-23)54-16-27-17-57-44-39(58-27)48(82)63-52(53)62-44/h2-3,6-7,17,22,24-25,29-30,32-35,40-43,54,64-65,68-71,76-78H,4-5,8-16,18-21H2,1H3,(H,55,73)(H,56,72)(H,59,80)(H,60,79)(H,61,81)(H,74,75)(H,83,84)(H,85,86)(H,87,88)(H3,53,57,62,63,82)/t22-,24-,25-,29+,30+,32+,33+,34-,35-,40-,41+,42-,43-/m1/s1. The number of fused-ring (bicyclic) bond motifs is 1. The van der Waals surface area contributed by atoms with Gasteiger partial charge in [0.25, 0.3) is 11.5 Å². The monoisotopic (exact) mass is 1270 g/mol. The Labute approximate surface area is 504 Å². The van der Waals surface area contributed by atoms with Crippen LogP contribution in [0.3, 0.4) is 0 Å². The van der Waals surface area contributed by atoms with Gasteiger partial charge in [-0.05, 0) is 49.9 Å². The number of carboxylic acids is 3. The molecule has 0 aliphatic heterocycles. The predicted octanol–water partition coefficient (Wildman–Crippen LogP) is -6.66. The van der Waals surface area contributed by atoms with Gasteiger partial charge in [-0.1, -0.05) is 6.92 Å². The molecule has 3 aromatic rings. The largest absolute Gasteiger partial charge is 0.481 e. The SMILES string of the molecule is C[C@@H]([C@H](O)[C@@H](O)CNC(=O)CC[C@H](CC(=O)[C@H](CCC(=O)O)NC(=O)[C@H](CCC(=O)NC[C@H](O)[C@@H](O)[C@H](O)[C@H](O)CO)CC(=O)CC[C@H](NC(=O)c1ccc(NCc2cnc3nc(N)[nH]c(=O)c3n2)cc1)C(=O)O)C(=O)N[C@H](C(=O)O)C(=O)S)[C@H](O)CO. The molecule has 0 spiro atoms. The first-order valence-corrected chi connectivity index (χ1v) is 27.5. The minimum atomic E-state index is -2.29. The number of benzene rings is 1. The number of ketones is 2. The van der Waals surface area contributed by atoms with Crippen LogP contribution in [-0.4, -0.2) is 232 Å². The Morgan fingerprint density at radius 3 is 1.73 bits per heavy atom. The van der Waals surface area contributed by atoms with Crippen molar-refractivity contribution in [2.24, 2.45) is 17.8 Å². The van der Waals surface area contributed by atoms with Crippen LogP contribution in [0.1, 0.15) is 87.2 Å². The summed E-state index contributed by atoms with van der Waals surface area (Å²) in [5, 5.41) is 131. The number of aliphatic hydroxyl groups excluding tert-OH is 9. The third kappa shape index (κ3) is 24.2. The first kappa shape index (κ1) is 74.1. The van der Waals surface area contributed by atoms with Gasteiger partial charge in [0, 0.05) is 80.6 Å². The molecule has 0 aliphatic rings. The van der Waals surface area contributed by atoms with Crippen molar-refractivity contribution in [1.29, 1.82) is 0 Å². The average Bonchev–Trinajstić information content (AvgIpc) is 3.65. The van der Waals surface area contributed by atoms with Crippen molar-refractivity contribution in [3.63, 3.8) is 0 Å². The fourth-order valence-corrected chi connectivity index (χ4v) is 8.51. The van der Waals surface area contributed by atoms with E-state index in [0.717, 1.165) is 0 Å². The Balaban J connectivity index is 1.84. The number of nitrogens with one attached hydrogen (secondary N) is 7. The van der Waals surface area contributed by atoms with Gasteiger partial charge in [0.05, 0.1) is 62.1 Å². The van der Waals surface area contributed by atoms with Gasteiger partial charge >= 0.3 is 17.9 Å². The number of H-pyrrole nitrogens is 1. The van der Waals surface area contributed by atoms with Gasteiger partial charge in [-0.25, -0.2) is 19.6 Å². The number of Topliss-reactive ketones (excluding diaryl/α,β-unsaturated/α-hetero) is 2. The number of nitrogens with two attached hydrogens (primary N) is 1. The summed E-state index contributed by atoms with van der Waals surface area (Å²) in [6.45, 7) is -1.87. The van der Waals surface area contributed by atoms with E-state index in [-0.39, 0.29) is 29.2 Å². The van der Waals surface area contributed by atoms with E-state index in [2.05, 4.69) is 59.1 Å². The fourth-order valence-electron chi connectivity index (χ4n) is 8.34. The molecule has 5 amide bonds. The third-order valence-electron chi connectivity index (χ3n) is 13.7. The Kier molecular flexibility index (Phi) is 30.5. The summed E-state index contributed by atoms with van der Waals surface area (Å²) in [4.78, 5) is 170. The van der Waals surface area contributed by atoms with Crippen molar-refractivity contribution in [2.75, 3.05) is 37.4 Å². The van der Waals surface area contributed by atoms with E-state index >= 15 is 0 Å². The third-order valence-corrected chi connectivity index (χ3v) is 14.0. The quantitative estimate of drug-likeness (QED) is 0.0185. The summed E-state index contributed by atoms with van der Waals surface area (Å²) in [6.07, 6.45) is -18.7. The van der Waals surface area contributed by atoms with Crippen LogP contribution in [0.25, 0.3) is 11.2 Å². The summed E-state index contributed by atoms with van der Waals surface area (Å²) in [5.41, 5.74) is 5.64. The van der Waals surface area contributed by atoms with Crippen molar-refractivity contribution < 1.29 is 114 Å². The van der Waals surface area contributed by atoms with Crippen molar-refractivity contribution in [3.05, 3.63) is 52.1 Å². The van der Waals surface area contributed by atoms with Crippen molar-refractivity contribution >= 4 is 99.6 Å². The first-order valence-electron chi connectivity index (χ1n) is 27.1. The number of aromatic amines is 1. The molecule has 0 fully saturated rings. The van der Waals surface area contributed by atoms with Crippen LogP contribution in [0.15, 0.2) is 35.3 Å². The van der Waals surface area contributed by atoms with Gasteiger partial charge in [0.15, 0.2) is 23.0 Å². The van der Waals surface area contributed by atoms with Crippen LogP contribution in [0, 0.1) is 17.8 Å².